The van der Waals surface area contributed by atoms with Gasteiger partial charge in [0, 0.05) is 11.8 Å². The molecule has 0 bridgehead atoms. The fourth-order valence-electron chi connectivity index (χ4n) is 2.14. The van der Waals surface area contributed by atoms with Gasteiger partial charge in [-0.1, -0.05) is 18.2 Å². The summed E-state index contributed by atoms with van der Waals surface area (Å²) in [6.07, 6.45) is -9.34. The molecule has 1 aromatic carbocycles. The van der Waals surface area contributed by atoms with E-state index in [1.54, 1.807) is 0 Å². The molecule has 0 radical (unpaired) electrons. The third kappa shape index (κ3) is 3.48. The van der Waals surface area contributed by atoms with Crippen LogP contribution in [0.2, 0.25) is 0 Å². The minimum absolute atomic E-state index is 0.607. The summed E-state index contributed by atoms with van der Waals surface area (Å²) in [6.45, 7) is 0. The molecule has 10 heteroatoms. The quantitative estimate of drug-likeness (QED) is 0.655. The number of benzene rings is 1. The van der Waals surface area contributed by atoms with Crippen molar-refractivity contribution in [1.82, 2.24) is 4.98 Å². The summed E-state index contributed by atoms with van der Waals surface area (Å²) in [5.41, 5.74) is -5.52. The van der Waals surface area contributed by atoms with Crippen molar-refractivity contribution in [2.75, 3.05) is 0 Å². The van der Waals surface area contributed by atoms with Gasteiger partial charge >= 0.3 is 19.5 Å². The number of hydrogen-bond acceptors (Lipinski definition) is 3. The SMILES string of the molecule is OB(O)c1ccnc(C(F)(F)F)c1-c1ccccc1C(F)(F)F. The highest BCUT2D eigenvalue weighted by molar-refractivity contribution is 6.60. The van der Waals surface area contributed by atoms with E-state index in [1.165, 1.54) is 0 Å². The first-order chi connectivity index (χ1) is 10.5. The highest BCUT2D eigenvalue weighted by Gasteiger charge is 2.41. The monoisotopic (exact) mass is 335 g/mol. The summed E-state index contributed by atoms with van der Waals surface area (Å²) in [5, 5.41) is 18.5. The van der Waals surface area contributed by atoms with E-state index in [0.29, 0.717) is 12.3 Å². The van der Waals surface area contributed by atoms with Gasteiger partial charge in [0.1, 0.15) is 0 Å². The maximum Gasteiger partial charge on any atom is 0.489 e. The van der Waals surface area contributed by atoms with E-state index < -0.39 is 47.3 Å². The Labute approximate surface area is 126 Å². The lowest BCUT2D eigenvalue weighted by atomic mass is 9.74. The average molecular weight is 335 g/mol. The van der Waals surface area contributed by atoms with Gasteiger partial charge in [-0.3, -0.25) is 4.98 Å². The predicted molar refractivity (Wildman–Crippen MR) is 69.5 cm³/mol. The Kier molecular flexibility index (Phi) is 4.40. The highest BCUT2D eigenvalue weighted by Crippen LogP contribution is 2.40. The molecule has 3 nitrogen and oxygen atoms in total. The zero-order valence-corrected chi connectivity index (χ0v) is 11.2. The minimum Gasteiger partial charge on any atom is -0.423 e. The van der Waals surface area contributed by atoms with E-state index in [4.69, 9.17) is 0 Å². The standard InChI is InChI=1S/C13H8BF6NO2/c15-12(16,17)8-4-2-1-3-7(8)10-9(14(22)23)5-6-21-11(10)13(18,19)20/h1-6,22-23H. The third-order valence-corrected chi connectivity index (χ3v) is 3.03. The van der Waals surface area contributed by atoms with E-state index in [9.17, 15) is 36.4 Å². The van der Waals surface area contributed by atoms with Gasteiger partial charge in [0.15, 0.2) is 5.69 Å². The summed E-state index contributed by atoms with van der Waals surface area (Å²) in [6, 6.07) is 4.38. The lowest BCUT2D eigenvalue weighted by Crippen LogP contribution is -2.34. The van der Waals surface area contributed by atoms with Crippen LogP contribution in [0.4, 0.5) is 26.3 Å². The summed E-state index contributed by atoms with van der Waals surface area (Å²) < 4.78 is 78.5. The number of hydrogen-bond donors (Lipinski definition) is 2. The lowest BCUT2D eigenvalue weighted by molar-refractivity contribution is -0.141. The van der Waals surface area contributed by atoms with Gasteiger partial charge in [0.2, 0.25) is 0 Å². The Hall–Kier alpha value is -2.07. The van der Waals surface area contributed by atoms with Crippen LogP contribution in [0, 0.1) is 0 Å². The van der Waals surface area contributed by atoms with E-state index in [-0.39, 0.29) is 0 Å². The Morgan fingerprint density at radius 1 is 0.870 bits per heavy atom. The molecular weight excluding hydrogens is 327 g/mol. The smallest absolute Gasteiger partial charge is 0.423 e. The van der Waals surface area contributed by atoms with Crippen molar-refractivity contribution in [3.05, 3.63) is 47.8 Å². The van der Waals surface area contributed by atoms with E-state index in [2.05, 4.69) is 4.98 Å². The summed E-state index contributed by atoms with van der Waals surface area (Å²) >= 11 is 0. The summed E-state index contributed by atoms with van der Waals surface area (Å²) in [7, 11) is -2.39. The molecule has 0 atom stereocenters. The zero-order chi connectivity index (χ0) is 17.4. The number of halogens is 6. The van der Waals surface area contributed by atoms with Crippen molar-refractivity contribution in [2.24, 2.45) is 0 Å². The number of rotatable bonds is 2. The van der Waals surface area contributed by atoms with Gasteiger partial charge < -0.3 is 10.0 Å². The van der Waals surface area contributed by atoms with Gasteiger partial charge in [0.25, 0.3) is 0 Å². The van der Waals surface area contributed by atoms with E-state index >= 15 is 0 Å². The number of alkyl halides is 6. The summed E-state index contributed by atoms with van der Waals surface area (Å²) in [5.74, 6) is 0. The molecule has 0 spiro atoms. The normalized spacial score (nSPS) is 12.3. The van der Waals surface area contributed by atoms with Gasteiger partial charge in [-0.15, -0.1) is 0 Å². The molecule has 0 amide bonds. The molecule has 122 valence electrons. The van der Waals surface area contributed by atoms with Crippen LogP contribution in [0.5, 0.6) is 0 Å². The minimum atomic E-state index is -5.07. The van der Waals surface area contributed by atoms with Crippen molar-refractivity contribution < 1.29 is 36.4 Å². The average Bonchev–Trinajstić information content (AvgIpc) is 2.44. The first-order valence-corrected chi connectivity index (χ1v) is 6.12. The molecular formula is C13H8BF6NO2. The fourth-order valence-corrected chi connectivity index (χ4v) is 2.14. The van der Waals surface area contributed by atoms with E-state index in [1.807, 2.05) is 0 Å². The number of pyridine rings is 1. The highest BCUT2D eigenvalue weighted by atomic mass is 19.4. The second-order valence-electron chi connectivity index (χ2n) is 4.54. The van der Waals surface area contributed by atoms with Crippen molar-refractivity contribution in [2.45, 2.75) is 12.4 Å². The molecule has 1 heterocycles. The molecule has 0 aliphatic heterocycles. The molecule has 0 saturated heterocycles. The van der Waals surface area contributed by atoms with Gasteiger partial charge in [0.05, 0.1) is 5.56 Å². The Morgan fingerprint density at radius 2 is 1.48 bits per heavy atom. The van der Waals surface area contributed by atoms with Crippen molar-refractivity contribution in [1.29, 1.82) is 0 Å². The second kappa shape index (κ2) is 5.86. The lowest BCUT2D eigenvalue weighted by Gasteiger charge is -2.19. The third-order valence-electron chi connectivity index (χ3n) is 3.03. The van der Waals surface area contributed by atoms with Gasteiger partial charge in [-0.05, 0) is 23.2 Å². The maximum atomic E-state index is 13.1. The molecule has 0 aliphatic carbocycles. The van der Waals surface area contributed by atoms with Crippen LogP contribution in [0.1, 0.15) is 11.3 Å². The predicted octanol–water partition coefficient (Wildman–Crippen LogP) is 2.47. The number of aromatic nitrogens is 1. The molecule has 0 unspecified atom stereocenters. The largest absolute Gasteiger partial charge is 0.489 e. The Morgan fingerprint density at radius 3 is 2.00 bits per heavy atom. The van der Waals surface area contributed by atoms with Crippen LogP contribution < -0.4 is 5.46 Å². The van der Waals surface area contributed by atoms with Crippen molar-refractivity contribution >= 4 is 12.6 Å². The van der Waals surface area contributed by atoms with Crippen molar-refractivity contribution in [3.8, 4) is 11.1 Å². The zero-order valence-electron chi connectivity index (χ0n) is 11.2. The Balaban J connectivity index is 2.88. The first-order valence-electron chi connectivity index (χ1n) is 6.12. The van der Waals surface area contributed by atoms with Gasteiger partial charge in [-0.2, -0.15) is 26.3 Å². The first kappa shape index (κ1) is 17.3. The van der Waals surface area contributed by atoms with Crippen LogP contribution in [-0.4, -0.2) is 22.2 Å². The van der Waals surface area contributed by atoms with Crippen LogP contribution in [0.3, 0.4) is 0 Å². The van der Waals surface area contributed by atoms with Crippen LogP contribution in [0.25, 0.3) is 11.1 Å². The molecule has 0 saturated carbocycles. The second-order valence-corrected chi connectivity index (χ2v) is 4.54. The fraction of sp³-hybridized carbons (Fsp3) is 0.154. The molecule has 0 aliphatic rings. The topological polar surface area (TPSA) is 53.4 Å². The Bertz CT molecular complexity index is 714. The molecule has 0 fully saturated rings. The molecule has 23 heavy (non-hydrogen) atoms. The van der Waals surface area contributed by atoms with Crippen LogP contribution in [0.15, 0.2) is 36.5 Å². The van der Waals surface area contributed by atoms with E-state index in [0.717, 1.165) is 24.3 Å². The maximum absolute atomic E-state index is 13.1. The van der Waals surface area contributed by atoms with Crippen molar-refractivity contribution in [3.63, 3.8) is 0 Å². The molecule has 2 rings (SSSR count). The number of nitrogens with zero attached hydrogens (tertiary/aromatic N) is 1. The summed E-state index contributed by atoms with van der Waals surface area (Å²) in [4.78, 5) is 3.08. The molecule has 2 aromatic rings. The molecule has 2 N–H and O–H groups in total. The molecule has 1 aromatic heterocycles. The van der Waals surface area contributed by atoms with Crippen LogP contribution >= 0.6 is 0 Å². The van der Waals surface area contributed by atoms with Gasteiger partial charge in [-0.25, -0.2) is 0 Å². The van der Waals surface area contributed by atoms with Crippen LogP contribution in [-0.2, 0) is 12.4 Å².